The Hall–Kier alpha value is -3.82. The van der Waals surface area contributed by atoms with E-state index >= 15 is 0 Å². The monoisotopic (exact) mass is 696 g/mol. The molecule has 2 saturated heterocycles. The van der Waals surface area contributed by atoms with Crippen LogP contribution in [0.5, 0.6) is 0 Å². The number of hydrogen-bond donors (Lipinski definition) is 3. The molecule has 5 heterocycles. The molecule has 14 heteroatoms. The summed E-state index contributed by atoms with van der Waals surface area (Å²) in [6, 6.07) is 13.2. The maximum atomic E-state index is 14.2. The van der Waals surface area contributed by atoms with Crippen molar-refractivity contribution in [3.8, 4) is 11.3 Å². The quantitative estimate of drug-likeness (QED) is 0.235. The smallest absolute Gasteiger partial charge is 0.390 e. The number of halogens is 3. The Morgan fingerprint density at radius 2 is 1.92 bits per heavy atom. The second-order valence-electron chi connectivity index (χ2n) is 13.2. The van der Waals surface area contributed by atoms with Gasteiger partial charge in [-0.15, -0.1) is 11.3 Å². The van der Waals surface area contributed by atoms with Gasteiger partial charge in [-0.05, 0) is 67.6 Å². The number of fused-ring (bicyclic) bond motifs is 2. The lowest BCUT2D eigenvalue weighted by Gasteiger charge is -2.38. The van der Waals surface area contributed by atoms with Gasteiger partial charge in [-0.3, -0.25) is 14.3 Å². The van der Waals surface area contributed by atoms with Crippen molar-refractivity contribution in [3.63, 3.8) is 0 Å². The SMILES string of the molecule is CON1CCc2c(c(-c3ccc(C(F)(F)F)c(CNC(=O)c4cc5ccccc5s4)c3)nn2CC(O)CN2CCC3(CCNC3=O)CC2)C1. The number of benzene rings is 2. The minimum atomic E-state index is -4.62. The van der Waals surface area contributed by atoms with Crippen molar-refractivity contribution in [2.45, 2.75) is 57.6 Å². The molecule has 0 bridgehead atoms. The molecule has 2 amide bonds. The maximum Gasteiger partial charge on any atom is 0.416 e. The van der Waals surface area contributed by atoms with Gasteiger partial charge in [-0.1, -0.05) is 24.3 Å². The van der Waals surface area contributed by atoms with Crippen LogP contribution >= 0.6 is 11.3 Å². The summed E-state index contributed by atoms with van der Waals surface area (Å²) in [5, 5.41) is 24.4. The number of rotatable bonds is 9. The van der Waals surface area contributed by atoms with Gasteiger partial charge in [0.05, 0.1) is 47.9 Å². The zero-order chi connectivity index (χ0) is 34.3. The molecule has 3 aliphatic rings. The van der Waals surface area contributed by atoms with Crippen molar-refractivity contribution in [1.82, 2.24) is 30.4 Å². The van der Waals surface area contributed by atoms with Crippen molar-refractivity contribution in [2.24, 2.45) is 5.41 Å². The van der Waals surface area contributed by atoms with Crippen LogP contribution in [0.2, 0.25) is 0 Å². The summed E-state index contributed by atoms with van der Waals surface area (Å²) < 4.78 is 45.2. The van der Waals surface area contributed by atoms with Gasteiger partial charge in [0, 0.05) is 54.1 Å². The number of likely N-dealkylation sites (tertiary alicyclic amines) is 1. The highest BCUT2D eigenvalue weighted by Crippen LogP contribution is 2.39. The first kappa shape index (κ1) is 33.7. The number of hydroxylamine groups is 2. The summed E-state index contributed by atoms with van der Waals surface area (Å²) in [5.41, 5.74) is 1.55. The molecule has 49 heavy (non-hydrogen) atoms. The molecule has 0 radical (unpaired) electrons. The molecular formula is C35H39F3N6O4S. The van der Waals surface area contributed by atoms with E-state index in [9.17, 15) is 27.9 Å². The van der Waals surface area contributed by atoms with E-state index in [1.807, 2.05) is 24.3 Å². The van der Waals surface area contributed by atoms with E-state index in [2.05, 4.69) is 15.5 Å². The molecule has 4 aromatic rings. The largest absolute Gasteiger partial charge is 0.416 e. The molecule has 1 atom stereocenters. The molecule has 3 N–H and O–H groups in total. The Morgan fingerprint density at radius 3 is 2.63 bits per heavy atom. The molecule has 0 saturated carbocycles. The van der Waals surface area contributed by atoms with Crippen molar-refractivity contribution in [2.75, 3.05) is 39.8 Å². The number of β-amino-alcohol motifs (C(OH)–C–C–N with tert-alkyl or cyclic N) is 1. The number of aliphatic hydroxyl groups is 1. The van der Waals surface area contributed by atoms with E-state index in [4.69, 9.17) is 9.94 Å². The molecule has 7 rings (SSSR count). The lowest BCUT2D eigenvalue weighted by atomic mass is 9.77. The molecule has 260 valence electrons. The average molecular weight is 697 g/mol. The lowest BCUT2D eigenvalue weighted by Crippen LogP contribution is -2.46. The van der Waals surface area contributed by atoms with E-state index in [1.165, 1.54) is 23.5 Å². The van der Waals surface area contributed by atoms with Crippen LogP contribution in [0.15, 0.2) is 48.5 Å². The first-order chi connectivity index (χ1) is 23.5. The number of nitrogens with one attached hydrogen (secondary N) is 2. The Bertz CT molecular complexity index is 1830. The molecule has 10 nitrogen and oxygen atoms in total. The zero-order valence-corrected chi connectivity index (χ0v) is 28.0. The lowest BCUT2D eigenvalue weighted by molar-refractivity contribution is -0.142. The fraction of sp³-hybridized carbons (Fsp3) is 0.457. The number of aromatic nitrogens is 2. The number of nitrogens with zero attached hydrogens (tertiary/aromatic N) is 4. The third kappa shape index (κ3) is 6.84. The molecule has 3 aliphatic heterocycles. The summed E-state index contributed by atoms with van der Waals surface area (Å²) in [5.74, 6) is -0.306. The Balaban J connectivity index is 1.12. The summed E-state index contributed by atoms with van der Waals surface area (Å²) in [6.07, 6.45) is -2.39. The van der Waals surface area contributed by atoms with Gasteiger partial charge in [0.15, 0.2) is 0 Å². The van der Waals surface area contributed by atoms with Crippen LogP contribution in [-0.4, -0.2) is 82.6 Å². The normalized spacial score (nSPS) is 18.9. The number of aliphatic hydroxyl groups excluding tert-OH is 1. The number of hydrogen-bond acceptors (Lipinski definition) is 8. The fourth-order valence-electron chi connectivity index (χ4n) is 7.44. The van der Waals surface area contributed by atoms with E-state index < -0.39 is 23.8 Å². The highest BCUT2D eigenvalue weighted by atomic mass is 32.1. The minimum Gasteiger partial charge on any atom is -0.390 e. The maximum absolute atomic E-state index is 14.2. The van der Waals surface area contributed by atoms with Gasteiger partial charge in [0.1, 0.15) is 0 Å². The van der Waals surface area contributed by atoms with Gasteiger partial charge in [-0.25, -0.2) is 0 Å². The molecule has 1 unspecified atom stereocenters. The standard InChI is InChI=1S/C35H39F3N6O4S/c1-48-43-13-8-28-26(21-43)31(41-44(28)20-25(45)19-42-14-10-34(11-15-42)9-12-39-33(34)47)23-6-7-27(35(36,37)38)24(16-23)18-40-32(46)30-17-22-4-2-3-5-29(22)49-30/h2-7,16-17,25,45H,8-15,18-21H2,1H3,(H,39,47)(H,40,46). The van der Waals surface area contributed by atoms with Crippen molar-refractivity contribution >= 4 is 33.2 Å². The second kappa shape index (κ2) is 13.5. The van der Waals surface area contributed by atoms with Crippen LogP contribution in [0.25, 0.3) is 21.3 Å². The molecule has 2 aromatic heterocycles. The van der Waals surface area contributed by atoms with Crippen LogP contribution in [0.1, 0.15) is 51.3 Å². The third-order valence-corrected chi connectivity index (χ3v) is 11.3. The predicted molar refractivity (Wildman–Crippen MR) is 179 cm³/mol. The van der Waals surface area contributed by atoms with Crippen molar-refractivity contribution in [1.29, 1.82) is 0 Å². The minimum absolute atomic E-state index is 0.0685. The van der Waals surface area contributed by atoms with E-state index in [0.717, 1.165) is 66.3 Å². The number of thiophene rings is 1. The molecule has 0 aliphatic carbocycles. The van der Waals surface area contributed by atoms with E-state index in [0.29, 0.717) is 42.2 Å². The van der Waals surface area contributed by atoms with Crippen LogP contribution < -0.4 is 10.6 Å². The highest BCUT2D eigenvalue weighted by Gasteiger charge is 2.44. The number of carbonyl (C=O) groups is 2. The summed E-state index contributed by atoms with van der Waals surface area (Å²) >= 11 is 1.29. The number of amides is 2. The predicted octanol–water partition coefficient (Wildman–Crippen LogP) is 4.60. The molecule has 1 spiro atoms. The Kier molecular flexibility index (Phi) is 9.26. The van der Waals surface area contributed by atoms with E-state index in [1.54, 1.807) is 22.9 Å². The average Bonchev–Trinajstić information content (AvgIpc) is 3.79. The first-order valence-electron chi connectivity index (χ1n) is 16.6. The number of piperidine rings is 1. The van der Waals surface area contributed by atoms with Crippen molar-refractivity contribution in [3.05, 3.63) is 75.8 Å². The van der Waals surface area contributed by atoms with Crippen LogP contribution in [0, 0.1) is 5.41 Å². The van der Waals surface area contributed by atoms with Crippen LogP contribution in [0.4, 0.5) is 13.2 Å². The Morgan fingerprint density at radius 1 is 1.12 bits per heavy atom. The fourth-order valence-corrected chi connectivity index (χ4v) is 8.42. The van der Waals surface area contributed by atoms with Gasteiger partial charge in [-0.2, -0.15) is 23.3 Å². The summed E-state index contributed by atoms with van der Waals surface area (Å²) in [7, 11) is 1.58. The van der Waals surface area contributed by atoms with Gasteiger partial charge < -0.3 is 25.5 Å². The molecule has 2 aromatic carbocycles. The zero-order valence-electron chi connectivity index (χ0n) is 27.2. The van der Waals surface area contributed by atoms with E-state index in [-0.39, 0.29) is 30.0 Å². The third-order valence-electron chi connectivity index (χ3n) is 10.2. The number of alkyl halides is 3. The number of carbonyl (C=O) groups excluding carboxylic acids is 2. The Labute approximate surface area is 285 Å². The van der Waals surface area contributed by atoms with Crippen LogP contribution in [-0.2, 0) is 41.9 Å². The first-order valence-corrected chi connectivity index (χ1v) is 17.4. The van der Waals surface area contributed by atoms with Gasteiger partial charge in [0.2, 0.25) is 5.91 Å². The summed E-state index contributed by atoms with van der Waals surface area (Å²) in [4.78, 5) is 33.5. The van der Waals surface area contributed by atoms with Gasteiger partial charge >= 0.3 is 6.18 Å². The molecular weight excluding hydrogens is 657 g/mol. The highest BCUT2D eigenvalue weighted by molar-refractivity contribution is 7.20. The van der Waals surface area contributed by atoms with Gasteiger partial charge in [0.25, 0.3) is 5.91 Å². The topological polar surface area (TPSA) is 112 Å². The second-order valence-corrected chi connectivity index (χ2v) is 14.3. The molecule has 2 fully saturated rings. The summed E-state index contributed by atoms with van der Waals surface area (Å²) in [6.45, 7) is 3.48. The van der Waals surface area contributed by atoms with Crippen LogP contribution in [0.3, 0.4) is 0 Å². The van der Waals surface area contributed by atoms with Crippen molar-refractivity contribution < 1.29 is 32.7 Å².